The van der Waals surface area contributed by atoms with Gasteiger partial charge in [0.2, 0.25) is 10.0 Å². The maximum absolute atomic E-state index is 12.1. The first-order chi connectivity index (χ1) is 8.94. The van der Waals surface area contributed by atoms with Gasteiger partial charge in [0.1, 0.15) is 0 Å². The highest BCUT2D eigenvalue weighted by molar-refractivity contribution is 7.90. The standard InChI is InChI=1S/C13H16N2O3S/c1-3-9-19(17,18)14-13(16)11-5-4-6-12-10(11)7-8-15(12)2/h4-8H,3,9H2,1-2H3,(H,14,16). The Balaban J connectivity index is 2.37. The number of fused-ring (bicyclic) bond motifs is 1. The topological polar surface area (TPSA) is 68.2 Å². The Morgan fingerprint density at radius 3 is 2.74 bits per heavy atom. The number of hydrogen-bond acceptors (Lipinski definition) is 3. The highest BCUT2D eigenvalue weighted by Gasteiger charge is 2.17. The van der Waals surface area contributed by atoms with E-state index in [1.54, 1.807) is 25.1 Å². The summed E-state index contributed by atoms with van der Waals surface area (Å²) in [6, 6.07) is 7.05. The van der Waals surface area contributed by atoms with Gasteiger partial charge in [-0.25, -0.2) is 13.1 Å². The molecule has 0 fully saturated rings. The number of rotatable bonds is 4. The molecule has 2 rings (SSSR count). The van der Waals surface area contributed by atoms with Gasteiger partial charge in [0, 0.05) is 29.7 Å². The minimum absolute atomic E-state index is 0.0521. The number of nitrogens with zero attached hydrogens (tertiary/aromatic N) is 1. The van der Waals surface area contributed by atoms with Crippen molar-refractivity contribution >= 4 is 26.8 Å². The fraction of sp³-hybridized carbons (Fsp3) is 0.308. The number of aromatic nitrogens is 1. The van der Waals surface area contributed by atoms with Crippen LogP contribution in [0, 0.1) is 0 Å². The van der Waals surface area contributed by atoms with Crippen molar-refractivity contribution in [2.24, 2.45) is 7.05 Å². The van der Waals surface area contributed by atoms with Gasteiger partial charge < -0.3 is 4.57 Å². The summed E-state index contributed by atoms with van der Waals surface area (Å²) in [5.41, 5.74) is 1.26. The van der Waals surface area contributed by atoms with Crippen molar-refractivity contribution < 1.29 is 13.2 Å². The second kappa shape index (κ2) is 5.05. The fourth-order valence-corrected chi connectivity index (χ4v) is 3.05. The van der Waals surface area contributed by atoms with Gasteiger partial charge in [0.15, 0.2) is 0 Å². The van der Waals surface area contributed by atoms with Gasteiger partial charge in [-0.2, -0.15) is 0 Å². The lowest BCUT2D eigenvalue weighted by Gasteiger charge is -2.07. The Morgan fingerprint density at radius 2 is 2.05 bits per heavy atom. The molecule has 0 aliphatic rings. The zero-order chi connectivity index (χ0) is 14.0. The average Bonchev–Trinajstić information content (AvgIpc) is 2.70. The molecule has 1 aromatic heterocycles. The Hall–Kier alpha value is -1.82. The molecule has 0 saturated carbocycles. The SMILES string of the molecule is CCCS(=O)(=O)NC(=O)c1cccc2c1ccn2C. The lowest BCUT2D eigenvalue weighted by molar-refractivity contribution is 0.0983. The summed E-state index contributed by atoms with van der Waals surface area (Å²) in [5.74, 6) is -0.631. The number of benzene rings is 1. The molecule has 2 aromatic rings. The van der Waals surface area contributed by atoms with Crippen LogP contribution in [0.5, 0.6) is 0 Å². The number of carbonyl (C=O) groups is 1. The molecule has 19 heavy (non-hydrogen) atoms. The first-order valence-corrected chi connectivity index (χ1v) is 7.68. The van der Waals surface area contributed by atoms with Gasteiger partial charge in [-0.1, -0.05) is 13.0 Å². The molecule has 0 aliphatic heterocycles. The molecule has 102 valence electrons. The smallest absolute Gasteiger partial charge is 0.265 e. The van der Waals surface area contributed by atoms with Gasteiger partial charge in [0.05, 0.1) is 5.75 Å². The molecule has 6 heteroatoms. The van der Waals surface area contributed by atoms with E-state index in [1.807, 2.05) is 23.9 Å². The zero-order valence-electron chi connectivity index (χ0n) is 10.9. The van der Waals surface area contributed by atoms with E-state index in [-0.39, 0.29) is 5.75 Å². The van der Waals surface area contributed by atoms with Crippen LogP contribution in [0.15, 0.2) is 30.5 Å². The van der Waals surface area contributed by atoms with E-state index in [0.717, 1.165) is 10.9 Å². The maximum atomic E-state index is 12.1. The molecule has 0 unspecified atom stereocenters. The summed E-state index contributed by atoms with van der Waals surface area (Å²) in [4.78, 5) is 12.1. The van der Waals surface area contributed by atoms with E-state index in [9.17, 15) is 13.2 Å². The van der Waals surface area contributed by atoms with Crippen LogP contribution in [-0.2, 0) is 17.1 Å². The normalized spacial score (nSPS) is 11.7. The summed E-state index contributed by atoms with van der Waals surface area (Å²) in [6.07, 6.45) is 2.31. The monoisotopic (exact) mass is 280 g/mol. The van der Waals surface area contributed by atoms with Crippen molar-refractivity contribution in [3.8, 4) is 0 Å². The molecule has 1 aromatic carbocycles. The second-order valence-electron chi connectivity index (χ2n) is 4.42. The van der Waals surface area contributed by atoms with Crippen molar-refractivity contribution in [3.05, 3.63) is 36.0 Å². The van der Waals surface area contributed by atoms with Crippen LogP contribution < -0.4 is 4.72 Å². The Kier molecular flexibility index (Phi) is 3.61. The first-order valence-electron chi connectivity index (χ1n) is 6.03. The second-order valence-corrected chi connectivity index (χ2v) is 6.26. The van der Waals surface area contributed by atoms with Gasteiger partial charge >= 0.3 is 0 Å². The predicted octanol–water partition coefficient (Wildman–Crippen LogP) is 1.65. The number of hydrogen-bond donors (Lipinski definition) is 1. The van der Waals surface area contributed by atoms with E-state index in [2.05, 4.69) is 4.72 Å². The molecule has 5 nitrogen and oxygen atoms in total. The molecule has 1 N–H and O–H groups in total. The molecule has 0 bridgehead atoms. The van der Waals surface area contributed by atoms with Crippen molar-refractivity contribution in [1.82, 2.24) is 9.29 Å². The first kappa shape index (κ1) is 13.6. The Labute approximate surface area is 112 Å². The molecule has 1 amide bonds. The molecule has 0 radical (unpaired) electrons. The molecular formula is C13H16N2O3S. The van der Waals surface area contributed by atoms with E-state index < -0.39 is 15.9 Å². The highest BCUT2D eigenvalue weighted by atomic mass is 32.2. The van der Waals surface area contributed by atoms with Crippen LogP contribution in [0.25, 0.3) is 10.9 Å². The van der Waals surface area contributed by atoms with Crippen LogP contribution in [0.2, 0.25) is 0 Å². The van der Waals surface area contributed by atoms with Gasteiger partial charge in [0.25, 0.3) is 5.91 Å². The summed E-state index contributed by atoms with van der Waals surface area (Å²) < 4.78 is 27.2. The summed E-state index contributed by atoms with van der Waals surface area (Å²) in [6.45, 7) is 1.75. The number of sulfonamides is 1. The van der Waals surface area contributed by atoms with Crippen LogP contribution >= 0.6 is 0 Å². The van der Waals surface area contributed by atoms with Crippen molar-refractivity contribution in [3.63, 3.8) is 0 Å². The third-order valence-corrected chi connectivity index (χ3v) is 4.34. The Morgan fingerprint density at radius 1 is 1.32 bits per heavy atom. The predicted molar refractivity (Wildman–Crippen MR) is 74.5 cm³/mol. The molecule has 0 saturated heterocycles. The molecule has 0 spiro atoms. The fourth-order valence-electron chi connectivity index (χ4n) is 2.02. The van der Waals surface area contributed by atoms with Gasteiger partial charge in [-0.15, -0.1) is 0 Å². The molecule has 0 aliphatic carbocycles. The molecular weight excluding hydrogens is 264 g/mol. The van der Waals surface area contributed by atoms with Crippen LogP contribution in [0.3, 0.4) is 0 Å². The van der Waals surface area contributed by atoms with Crippen LogP contribution in [-0.4, -0.2) is 24.6 Å². The third-order valence-electron chi connectivity index (χ3n) is 2.89. The number of amides is 1. The quantitative estimate of drug-likeness (QED) is 0.926. The summed E-state index contributed by atoms with van der Waals surface area (Å²) in [5, 5.41) is 0.745. The number of aryl methyl sites for hydroxylation is 1. The van der Waals surface area contributed by atoms with Crippen molar-refractivity contribution in [1.29, 1.82) is 0 Å². The van der Waals surface area contributed by atoms with Crippen molar-refractivity contribution in [2.45, 2.75) is 13.3 Å². The Bertz CT molecular complexity index is 717. The van der Waals surface area contributed by atoms with Gasteiger partial charge in [-0.3, -0.25) is 4.79 Å². The lowest BCUT2D eigenvalue weighted by atomic mass is 10.1. The number of carbonyl (C=O) groups excluding carboxylic acids is 1. The summed E-state index contributed by atoms with van der Waals surface area (Å²) >= 11 is 0. The number of nitrogens with one attached hydrogen (secondary N) is 1. The minimum atomic E-state index is -3.55. The third kappa shape index (κ3) is 2.78. The average molecular weight is 280 g/mol. The van der Waals surface area contributed by atoms with E-state index in [0.29, 0.717) is 12.0 Å². The van der Waals surface area contributed by atoms with Crippen LogP contribution in [0.1, 0.15) is 23.7 Å². The van der Waals surface area contributed by atoms with Crippen LogP contribution in [0.4, 0.5) is 0 Å². The minimum Gasteiger partial charge on any atom is -0.351 e. The molecule has 1 heterocycles. The zero-order valence-corrected chi connectivity index (χ0v) is 11.7. The van der Waals surface area contributed by atoms with Gasteiger partial charge in [-0.05, 0) is 24.6 Å². The van der Waals surface area contributed by atoms with E-state index in [4.69, 9.17) is 0 Å². The largest absolute Gasteiger partial charge is 0.351 e. The highest BCUT2D eigenvalue weighted by Crippen LogP contribution is 2.19. The maximum Gasteiger partial charge on any atom is 0.265 e. The summed E-state index contributed by atoms with van der Waals surface area (Å²) in [7, 11) is -1.67. The van der Waals surface area contributed by atoms with E-state index in [1.165, 1.54) is 0 Å². The van der Waals surface area contributed by atoms with E-state index >= 15 is 0 Å². The van der Waals surface area contributed by atoms with Crippen molar-refractivity contribution in [2.75, 3.05) is 5.75 Å². The lowest BCUT2D eigenvalue weighted by Crippen LogP contribution is -2.32. The molecule has 0 atom stereocenters.